The van der Waals surface area contributed by atoms with E-state index in [4.69, 9.17) is 28.8 Å². The van der Waals surface area contributed by atoms with Gasteiger partial charge in [0.2, 0.25) is 0 Å². The molecule has 2 aromatic heterocycles. The Kier molecular flexibility index (Phi) is 4.11. The highest BCUT2D eigenvalue weighted by molar-refractivity contribution is 7.71. The first-order valence-corrected chi connectivity index (χ1v) is 8.70. The molecule has 0 radical (unpaired) electrons. The highest BCUT2D eigenvalue weighted by Crippen LogP contribution is 2.26. The Hall–Kier alpha value is -2.50. The molecule has 4 nitrogen and oxygen atoms in total. The maximum atomic E-state index is 6.00. The fourth-order valence-electron chi connectivity index (χ4n) is 2.93. The quantitative estimate of drug-likeness (QED) is 0.492. The van der Waals surface area contributed by atoms with Gasteiger partial charge in [-0.15, -0.1) is 0 Å². The molecule has 2 heterocycles. The van der Waals surface area contributed by atoms with Gasteiger partial charge in [-0.2, -0.15) is 5.10 Å². The zero-order valence-electron chi connectivity index (χ0n) is 13.5. The number of rotatable bonds is 3. The minimum absolute atomic E-state index is 0.00628. The molecular formula is C19H15ClN4S. The van der Waals surface area contributed by atoms with E-state index in [1.807, 2.05) is 65.2 Å². The summed E-state index contributed by atoms with van der Waals surface area (Å²) in [6.45, 7) is 2.08. The summed E-state index contributed by atoms with van der Waals surface area (Å²) in [6, 6.07) is 19.8. The lowest BCUT2D eigenvalue weighted by Crippen LogP contribution is -2.09. The van der Waals surface area contributed by atoms with Gasteiger partial charge in [-0.3, -0.25) is 9.67 Å². The van der Waals surface area contributed by atoms with Crippen LogP contribution in [-0.2, 0) is 0 Å². The zero-order chi connectivity index (χ0) is 17.4. The van der Waals surface area contributed by atoms with Gasteiger partial charge in [0.15, 0.2) is 10.6 Å². The molecule has 1 atom stereocenters. The molecule has 0 aliphatic rings. The molecule has 0 bridgehead atoms. The first-order valence-electron chi connectivity index (χ1n) is 7.92. The molecule has 0 amide bonds. The molecule has 0 aliphatic carbocycles. The monoisotopic (exact) mass is 366 g/mol. The second-order valence-corrected chi connectivity index (χ2v) is 6.66. The highest BCUT2D eigenvalue weighted by atomic mass is 35.5. The van der Waals surface area contributed by atoms with Crippen LogP contribution in [0.3, 0.4) is 0 Å². The van der Waals surface area contributed by atoms with Crippen LogP contribution in [0, 0.1) is 4.77 Å². The number of nitrogens with zero attached hydrogens (tertiary/aromatic N) is 3. The van der Waals surface area contributed by atoms with E-state index in [0.717, 1.165) is 28.0 Å². The summed E-state index contributed by atoms with van der Waals surface area (Å²) in [7, 11) is 0. The van der Waals surface area contributed by atoms with Gasteiger partial charge in [0.05, 0.1) is 11.6 Å². The van der Waals surface area contributed by atoms with Gasteiger partial charge < -0.3 is 0 Å². The molecule has 4 rings (SSSR count). The maximum Gasteiger partial charge on any atom is 0.196 e. The smallest absolute Gasteiger partial charge is 0.196 e. The minimum Gasteiger partial charge on any atom is -0.292 e. The molecule has 1 N–H and O–H groups in total. The molecule has 4 aromatic rings. The molecule has 0 spiro atoms. The number of aromatic amines is 1. The van der Waals surface area contributed by atoms with Crippen LogP contribution in [0.25, 0.3) is 22.4 Å². The van der Waals surface area contributed by atoms with E-state index in [1.165, 1.54) is 0 Å². The Labute approximate surface area is 155 Å². The largest absolute Gasteiger partial charge is 0.292 e. The lowest BCUT2D eigenvalue weighted by Gasteiger charge is -2.16. The Balaban J connectivity index is 1.83. The number of H-pyrrole nitrogens is 1. The van der Waals surface area contributed by atoms with Gasteiger partial charge in [0, 0.05) is 10.4 Å². The number of nitrogens with one attached hydrogen (secondary N) is 1. The summed E-state index contributed by atoms with van der Waals surface area (Å²) in [5.41, 5.74) is 2.82. The van der Waals surface area contributed by atoms with Crippen LogP contribution >= 0.6 is 23.8 Å². The van der Waals surface area contributed by atoms with Gasteiger partial charge in [-0.1, -0.05) is 48.0 Å². The van der Waals surface area contributed by atoms with E-state index in [2.05, 4.69) is 17.1 Å². The standard InChI is InChI=1S/C19H15ClN4S/c1-12(13-6-9-15(20)10-7-13)24-18(22-23-19(24)25)17-11-8-14-4-2-3-5-16(14)21-17/h2-12H,1H3,(H,23,25)/t12-/m0/s1. The van der Waals surface area contributed by atoms with Crippen molar-refractivity contribution in [2.75, 3.05) is 0 Å². The van der Waals surface area contributed by atoms with Crippen LogP contribution in [0.1, 0.15) is 18.5 Å². The summed E-state index contributed by atoms with van der Waals surface area (Å²) in [5, 5.41) is 9.12. The van der Waals surface area contributed by atoms with Gasteiger partial charge in [0.1, 0.15) is 5.69 Å². The SMILES string of the molecule is C[C@@H](c1ccc(Cl)cc1)n1c(-c2ccc3ccccc3n2)n[nH]c1=S. The predicted molar refractivity (Wildman–Crippen MR) is 103 cm³/mol. The fraction of sp³-hybridized carbons (Fsp3) is 0.105. The molecule has 0 aliphatic heterocycles. The number of hydrogen-bond acceptors (Lipinski definition) is 3. The van der Waals surface area contributed by atoms with Gasteiger partial charge in [0.25, 0.3) is 0 Å². The van der Waals surface area contributed by atoms with E-state index in [0.29, 0.717) is 9.79 Å². The van der Waals surface area contributed by atoms with Crippen LogP contribution < -0.4 is 0 Å². The van der Waals surface area contributed by atoms with Gasteiger partial charge in [-0.05, 0) is 49.0 Å². The number of aromatic nitrogens is 4. The fourth-order valence-corrected chi connectivity index (χ4v) is 3.34. The number of hydrogen-bond donors (Lipinski definition) is 1. The van der Waals surface area contributed by atoms with E-state index >= 15 is 0 Å². The lowest BCUT2D eigenvalue weighted by molar-refractivity contribution is 0.634. The second kappa shape index (κ2) is 6.43. The van der Waals surface area contributed by atoms with Crippen molar-refractivity contribution < 1.29 is 0 Å². The summed E-state index contributed by atoms with van der Waals surface area (Å²) in [6.07, 6.45) is 0. The molecule has 6 heteroatoms. The third kappa shape index (κ3) is 2.97. The van der Waals surface area contributed by atoms with Crippen LogP contribution in [-0.4, -0.2) is 19.7 Å². The molecule has 2 aromatic carbocycles. The van der Waals surface area contributed by atoms with E-state index in [9.17, 15) is 0 Å². The Morgan fingerprint density at radius 3 is 2.60 bits per heavy atom. The van der Waals surface area contributed by atoms with Crippen molar-refractivity contribution in [2.45, 2.75) is 13.0 Å². The molecule has 0 unspecified atom stereocenters. The normalized spacial score (nSPS) is 12.4. The molecule has 0 saturated carbocycles. The van der Waals surface area contributed by atoms with Crippen LogP contribution in [0.5, 0.6) is 0 Å². The second-order valence-electron chi connectivity index (χ2n) is 5.84. The van der Waals surface area contributed by atoms with Crippen molar-refractivity contribution in [3.8, 4) is 11.5 Å². The van der Waals surface area contributed by atoms with Crippen molar-refractivity contribution in [3.63, 3.8) is 0 Å². The summed E-state index contributed by atoms with van der Waals surface area (Å²) in [5.74, 6) is 0.721. The Morgan fingerprint density at radius 2 is 1.80 bits per heavy atom. The Bertz CT molecular complexity index is 1100. The minimum atomic E-state index is 0.00628. The third-order valence-electron chi connectivity index (χ3n) is 4.27. The zero-order valence-corrected chi connectivity index (χ0v) is 15.1. The average Bonchev–Trinajstić information content (AvgIpc) is 3.03. The molecule has 0 fully saturated rings. The number of halogens is 1. The first-order chi connectivity index (χ1) is 12.1. The Morgan fingerprint density at radius 1 is 1.04 bits per heavy atom. The summed E-state index contributed by atoms with van der Waals surface area (Å²) in [4.78, 5) is 4.74. The van der Waals surface area contributed by atoms with Crippen molar-refractivity contribution in [3.05, 3.63) is 76.0 Å². The number of fused-ring (bicyclic) bond motifs is 1. The summed E-state index contributed by atoms with van der Waals surface area (Å²) >= 11 is 11.5. The van der Waals surface area contributed by atoms with Crippen LogP contribution in [0.4, 0.5) is 0 Å². The van der Waals surface area contributed by atoms with Crippen LogP contribution in [0.2, 0.25) is 5.02 Å². The third-order valence-corrected chi connectivity index (χ3v) is 4.81. The van der Waals surface area contributed by atoms with Crippen molar-refractivity contribution in [1.82, 2.24) is 19.7 Å². The topological polar surface area (TPSA) is 46.5 Å². The maximum absolute atomic E-state index is 6.00. The average molecular weight is 367 g/mol. The van der Waals surface area contributed by atoms with Gasteiger partial charge >= 0.3 is 0 Å². The predicted octanol–water partition coefficient (Wildman–Crippen LogP) is 5.42. The van der Waals surface area contributed by atoms with Gasteiger partial charge in [-0.25, -0.2) is 4.98 Å². The molecule has 124 valence electrons. The highest BCUT2D eigenvalue weighted by Gasteiger charge is 2.17. The van der Waals surface area contributed by atoms with Crippen molar-refractivity contribution in [1.29, 1.82) is 0 Å². The lowest BCUT2D eigenvalue weighted by atomic mass is 10.1. The van der Waals surface area contributed by atoms with E-state index in [-0.39, 0.29) is 6.04 Å². The number of pyridine rings is 1. The summed E-state index contributed by atoms with van der Waals surface area (Å²) < 4.78 is 2.54. The van der Waals surface area contributed by atoms with Crippen molar-refractivity contribution in [2.24, 2.45) is 0 Å². The molecule has 25 heavy (non-hydrogen) atoms. The molecule has 0 saturated heterocycles. The van der Waals surface area contributed by atoms with E-state index < -0.39 is 0 Å². The number of benzene rings is 2. The van der Waals surface area contributed by atoms with Crippen LogP contribution in [0.15, 0.2) is 60.7 Å². The van der Waals surface area contributed by atoms with E-state index in [1.54, 1.807) is 0 Å². The number of para-hydroxylation sites is 1. The first kappa shape index (κ1) is 16.0. The molecular weight excluding hydrogens is 352 g/mol. The van der Waals surface area contributed by atoms with Crippen molar-refractivity contribution >= 4 is 34.7 Å².